The monoisotopic (exact) mass is 321 g/mol. The van der Waals surface area contributed by atoms with E-state index < -0.39 is 0 Å². The van der Waals surface area contributed by atoms with E-state index >= 15 is 0 Å². The molecule has 2 aliphatic rings. The number of ether oxygens (including phenoxy) is 2. The van der Waals surface area contributed by atoms with Crippen molar-refractivity contribution in [2.24, 2.45) is 5.41 Å². The number of carbonyl (C=O) groups is 1. The molecular weight excluding hydrogens is 294 g/mol. The Hall–Kier alpha value is -1.40. The van der Waals surface area contributed by atoms with Crippen LogP contribution in [-0.4, -0.2) is 60.1 Å². The van der Waals surface area contributed by atoms with Gasteiger partial charge in [-0.25, -0.2) is 0 Å². The molecule has 0 aromatic carbocycles. The zero-order valence-corrected chi connectivity index (χ0v) is 14.4. The van der Waals surface area contributed by atoms with Crippen LogP contribution in [0.5, 0.6) is 0 Å². The quantitative estimate of drug-likeness (QED) is 0.849. The molecule has 128 valence electrons. The van der Waals surface area contributed by atoms with Crippen molar-refractivity contribution in [2.75, 3.05) is 33.4 Å². The fourth-order valence-electron chi connectivity index (χ4n) is 4.08. The number of aryl methyl sites for hydroxylation is 2. The van der Waals surface area contributed by atoms with Crippen LogP contribution in [-0.2, 0) is 16.0 Å². The number of likely N-dealkylation sites (tertiary alicyclic amines) is 1. The second kappa shape index (κ2) is 6.61. The molecular formula is C17H27N3O3. The molecule has 23 heavy (non-hydrogen) atoms. The summed E-state index contributed by atoms with van der Waals surface area (Å²) in [5.41, 5.74) is 1.51. The summed E-state index contributed by atoms with van der Waals surface area (Å²) in [7, 11) is 1.73. The highest BCUT2D eigenvalue weighted by Gasteiger charge is 2.47. The number of rotatable bonds is 4. The van der Waals surface area contributed by atoms with Gasteiger partial charge in [0.15, 0.2) is 0 Å². The average Bonchev–Trinajstić information content (AvgIpc) is 2.94. The van der Waals surface area contributed by atoms with E-state index in [1.165, 1.54) is 0 Å². The van der Waals surface area contributed by atoms with Crippen LogP contribution in [0.25, 0.3) is 0 Å². The molecule has 6 heteroatoms. The number of fused-ring (bicyclic) bond motifs is 1. The molecule has 2 fully saturated rings. The zero-order chi connectivity index (χ0) is 16.4. The lowest BCUT2D eigenvalue weighted by Gasteiger charge is -2.50. The van der Waals surface area contributed by atoms with Crippen LogP contribution in [0.4, 0.5) is 0 Å². The summed E-state index contributed by atoms with van der Waals surface area (Å²) in [4.78, 5) is 15.0. The summed E-state index contributed by atoms with van der Waals surface area (Å²) in [5.74, 6) is 0.0759. The number of carbonyl (C=O) groups excluding carboxylic acids is 1. The van der Waals surface area contributed by atoms with Crippen LogP contribution >= 0.6 is 0 Å². The molecule has 0 radical (unpaired) electrons. The normalized spacial score (nSPS) is 27.8. The topological polar surface area (TPSA) is 56.6 Å². The van der Waals surface area contributed by atoms with Crippen LogP contribution in [0.3, 0.4) is 0 Å². The van der Waals surface area contributed by atoms with E-state index in [1.807, 2.05) is 24.8 Å². The van der Waals surface area contributed by atoms with Gasteiger partial charge >= 0.3 is 0 Å². The average molecular weight is 321 g/mol. The maximum absolute atomic E-state index is 13.0. The van der Waals surface area contributed by atoms with Gasteiger partial charge in [0, 0.05) is 38.8 Å². The first kappa shape index (κ1) is 16.5. The molecule has 3 rings (SSSR count). The Morgan fingerprint density at radius 1 is 1.57 bits per heavy atom. The minimum absolute atomic E-state index is 0.0625. The van der Waals surface area contributed by atoms with E-state index in [0.717, 1.165) is 38.1 Å². The van der Waals surface area contributed by atoms with E-state index in [0.29, 0.717) is 25.4 Å². The van der Waals surface area contributed by atoms with Gasteiger partial charge in [-0.05, 0) is 39.2 Å². The van der Waals surface area contributed by atoms with Gasteiger partial charge in [-0.15, -0.1) is 0 Å². The minimum atomic E-state index is -0.0625. The maximum atomic E-state index is 13.0. The van der Waals surface area contributed by atoms with E-state index in [-0.39, 0.29) is 17.4 Å². The predicted octanol–water partition coefficient (Wildman–Crippen LogP) is 1.87. The van der Waals surface area contributed by atoms with Gasteiger partial charge in [-0.1, -0.05) is 0 Å². The number of nitrogens with zero attached hydrogens (tertiary/aromatic N) is 3. The summed E-state index contributed by atoms with van der Waals surface area (Å²) >= 11 is 0. The third-order valence-electron chi connectivity index (χ3n) is 5.13. The van der Waals surface area contributed by atoms with Crippen LogP contribution < -0.4 is 0 Å². The fourth-order valence-corrected chi connectivity index (χ4v) is 4.08. The molecule has 0 spiro atoms. The Morgan fingerprint density at radius 2 is 2.39 bits per heavy atom. The smallest absolute Gasteiger partial charge is 0.272 e. The van der Waals surface area contributed by atoms with Crippen molar-refractivity contribution in [3.05, 3.63) is 17.5 Å². The lowest BCUT2D eigenvalue weighted by atomic mass is 9.73. The third kappa shape index (κ3) is 3.02. The number of aromatic nitrogens is 2. The molecule has 6 nitrogen and oxygen atoms in total. The lowest BCUT2D eigenvalue weighted by Crippen LogP contribution is -2.58. The number of piperidine rings is 1. The molecule has 3 heterocycles. The zero-order valence-electron chi connectivity index (χ0n) is 14.4. The molecule has 2 aliphatic heterocycles. The Balaban J connectivity index is 1.82. The van der Waals surface area contributed by atoms with Gasteiger partial charge in [0.1, 0.15) is 5.69 Å². The van der Waals surface area contributed by atoms with E-state index in [4.69, 9.17) is 9.47 Å². The van der Waals surface area contributed by atoms with Crippen LogP contribution in [0.2, 0.25) is 0 Å². The van der Waals surface area contributed by atoms with Gasteiger partial charge in [0.05, 0.1) is 18.4 Å². The van der Waals surface area contributed by atoms with E-state index in [2.05, 4.69) is 5.10 Å². The molecule has 1 aromatic heterocycles. The highest BCUT2D eigenvalue weighted by Crippen LogP contribution is 2.40. The second-order valence-corrected chi connectivity index (χ2v) is 6.76. The summed E-state index contributed by atoms with van der Waals surface area (Å²) in [6.45, 7) is 7.56. The molecule has 2 saturated heterocycles. The van der Waals surface area contributed by atoms with Gasteiger partial charge < -0.3 is 14.4 Å². The first-order valence-corrected chi connectivity index (χ1v) is 8.54. The number of amides is 1. The highest BCUT2D eigenvalue weighted by atomic mass is 16.5. The Morgan fingerprint density at radius 3 is 3.13 bits per heavy atom. The summed E-state index contributed by atoms with van der Waals surface area (Å²) in [6.07, 6.45) is 3.18. The van der Waals surface area contributed by atoms with Gasteiger partial charge in [-0.2, -0.15) is 5.10 Å². The van der Waals surface area contributed by atoms with Crippen molar-refractivity contribution in [3.8, 4) is 0 Å². The molecule has 1 aromatic rings. The molecule has 0 N–H and O–H groups in total. The Bertz CT molecular complexity index is 567. The highest BCUT2D eigenvalue weighted by molar-refractivity contribution is 5.92. The van der Waals surface area contributed by atoms with Gasteiger partial charge in [0.25, 0.3) is 5.91 Å². The van der Waals surface area contributed by atoms with Crippen LogP contribution in [0, 0.1) is 12.3 Å². The SMILES string of the molecule is CCn1nc(C)cc1C(=O)N1CC[C@H]2OCCC[C@@]2(COC)C1. The molecule has 0 unspecified atom stereocenters. The van der Waals surface area contributed by atoms with Crippen molar-refractivity contribution in [2.45, 2.75) is 45.8 Å². The standard InChI is InChI=1S/C17H27N3O3/c1-4-20-14(10-13(2)18-20)16(21)19-8-6-15-17(11-19,12-22-3)7-5-9-23-15/h10,15H,4-9,11-12H2,1-3H3/t15-,17+/m1/s1. The second-order valence-electron chi connectivity index (χ2n) is 6.76. The number of methoxy groups -OCH3 is 1. The van der Waals surface area contributed by atoms with Crippen molar-refractivity contribution < 1.29 is 14.3 Å². The largest absolute Gasteiger partial charge is 0.384 e. The fraction of sp³-hybridized carbons (Fsp3) is 0.765. The van der Waals surface area contributed by atoms with Crippen molar-refractivity contribution in [3.63, 3.8) is 0 Å². The number of hydrogen-bond donors (Lipinski definition) is 0. The van der Waals surface area contributed by atoms with Crippen molar-refractivity contribution in [1.29, 1.82) is 0 Å². The first-order chi connectivity index (χ1) is 11.1. The molecule has 0 saturated carbocycles. The first-order valence-electron chi connectivity index (χ1n) is 8.54. The Kier molecular flexibility index (Phi) is 4.73. The summed E-state index contributed by atoms with van der Waals surface area (Å²) in [6, 6.07) is 1.89. The van der Waals surface area contributed by atoms with Crippen molar-refractivity contribution >= 4 is 5.91 Å². The lowest BCUT2D eigenvalue weighted by molar-refractivity contribution is -0.142. The molecule has 1 amide bonds. The summed E-state index contributed by atoms with van der Waals surface area (Å²) < 4.78 is 13.3. The molecule has 0 bridgehead atoms. The number of hydrogen-bond acceptors (Lipinski definition) is 4. The van der Waals surface area contributed by atoms with Crippen LogP contribution in [0.1, 0.15) is 42.4 Å². The molecule has 0 aliphatic carbocycles. The molecule has 2 atom stereocenters. The van der Waals surface area contributed by atoms with Crippen molar-refractivity contribution in [1.82, 2.24) is 14.7 Å². The maximum Gasteiger partial charge on any atom is 0.272 e. The van der Waals surface area contributed by atoms with Gasteiger partial charge in [0.2, 0.25) is 0 Å². The predicted molar refractivity (Wildman–Crippen MR) is 86.4 cm³/mol. The van der Waals surface area contributed by atoms with Crippen LogP contribution in [0.15, 0.2) is 6.07 Å². The van der Waals surface area contributed by atoms with E-state index in [9.17, 15) is 4.79 Å². The minimum Gasteiger partial charge on any atom is -0.384 e. The Labute approximate surface area is 137 Å². The third-order valence-corrected chi connectivity index (χ3v) is 5.13. The summed E-state index contributed by atoms with van der Waals surface area (Å²) in [5, 5.41) is 4.40. The van der Waals surface area contributed by atoms with E-state index in [1.54, 1.807) is 11.8 Å². The van der Waals surface area contributed by atoms with Gasteiger partial charge in [-0.3, -0.25) is 9.48 Å².